The summed E-state index contributed by atoms with van der Waals surface area (Å²) in [5, 5.41) is 14.3. The summed E-state index contributed by atoms with van der Waals surface area (Å²) in [7, 11) is 0. The first kappa shape index (κ1) is 16.5. The van der Waals surface area contributed by atoms with Gasteiger partial charge in [-0.2, -0.15) is 5.10 Å². The fourth-order valence-corrected chi connectivity index (χ4v) is 3.66. The number of carbonyl (C=O) groups is 1. The van der Waals surface area contributed by atoms with Crippen LogP contribution in [0.15, 0.2) is 42.6 Å². The summed E-state index contributed by atoms with van der Waals surface area (Å²) in [6.07, 6.45) is 3.87. The van der Waals surface area contributed by atoms with Crippen molar-refractivity contribution in [3.63, 3.8) is 0 Å². The zero-order chi connectivity index (χ0) is 18.1. The third-order valence-electron chi connectivity index (χ3n) is 4.81. The number of carboxylic acid groups (broad SMARTS) is 1. The molecule has 1 aliphatic carbocycles. The Labute approximate surface area is 151 Å². The molecule has 0 aliphatic heterocycles. The molecule has 0 radical (unpaired) electrons. The lowest BCUT2D eigenvalue weighted by Crippen LogP contribution is -2.14. The van der Waals surface area contributed by atoms with Crippen LogP contribution in [0.25, 0.3) is 22.5 Å². The summed E-state index contributed by atoms with van der Waals surface area (Å²) in [6.45, 7) is 1.01. The van der Waals surface area contributed by atoms with Crippen LogP contribution in [0.3, 0.4) is 0 Å². The molecule has 6 heteroatoms. The summed E-state index contributed by atoms with van der Waals surface area (Å²) in [6, 6.07) is 12.0. The second-order valence-corrected chi connectivity index (χ2v) is 6.40. The number of aromatic nitrogens is 3. The van der Waals surface area contributed by atoms with E-state index in [0.717, 1.165) is 40.1 Å². The highest BCUT2D eigenvalue weighted by molar-refractivity contribution is 5.91. The first-order valence-electron chi connectivity index (χ1n) is 8.77. The number of nitrogens with zero attached hydrogens (tertiary/aromatic N) is 3. The Bertz CT molecular complexity index is 963. The summed E-state index contributed by atoms with van der Waals surface area (Å²) in [5.74, 6) is -0.934. The van der Waals surface area contributed by atoms with E-state index in [9.17, 15) is 9.90 Å². The lowest BCUT2D eigenvalue weighted by Gasteiger charge is -2.18. The van der Waals surface area contributed by atoms with Gasteiger partial charge in [0.25, 0.3) is 0 Å². The molecule has 26 heavy (non-hydrogen) atoms. The molecule has 4 rings (SSSR count). The predicted octanol–water partition coefficient (Wildman–Crippen LogP) is 2.76. The minimum Gasteiger partial charge on any atom is -0.477 e. The van der Waals surface area contributed by atoms with Crippen molar-refractivity contribution in [2.45, 2.75) is 25.8 Å². The van der Waals surface area contributed by atoms with Crippen molar-refractivity contribution in [2.24, 2.45) is 5.73 Å². The van der Waals surface area contributed by atoms with E-state index in [1.165, 1.54) is 0 Å². The van der Waals surface area contributed by atoms with E-state index in [1.54, 1.807) is 10.9 Å². The Hall–Kier alpha value is -2.99. The molecule has 0 spiro atoms. The smallest absolute Gasteiger partial charge is 0.354 e. The van der Waals surface area contributed by atoms with Gasteiger partial charge in [-0.05, 0) is 37.4 Å². The van der Waals surface area contributed by atoms with Crippen molar-refractivity contribution in [1.82, 2.24) is 14.8 Å². The van der Waals surface area contributed by atoms with Crippen LogP contribution in [0.5, 0.6) is 0 Å². The van der Waals surface area contributed by atoms with Gasteiger partial charge in [0, 0.05) is 29.4 Å². The maximum atomic E-state index is 11.8. The second-order valence-electron chi connectivity index (χ2n) is 6.40. The van der Waals surface area contributed by atoms with Crippen LogP contribution < -0.4 is 5.73 Å². The zero-order valence-corrected chi connectivity index (χ0v) is 14.4. The number of aryl methyl sites for hydroxylation is 1. The molecular formula is C20H20N4O2. The monoisotopic (exact) mass is 348 g/mol. The van der Waals surface area contributed by atoms with Crippen LogP contribution in [-0.4, -0.2) is 32.4 Å². The molecule has 3 aromatic rings. The molecule has 2 heterocycles. The minimum atomic E-state index is -0.934. The van der Waals surface area contributed by atoms with Gasteiger partial charge in [-0.3, -0.25) is 9.67 Å². The maximum Gasteiger partial charge on any atom is 0.354 e. The molecule has 0 unspecified atom stereocenters. The predicted molar refractivity (Wildman–Crippen MR) is 98.9 cm³/mol. The van der Waals surface area contributed by atoms with Crippen molar-refractivity contribution in [3.05, 3.63) is 59.4 Å². The number of rotatable bonds is 5. The third kappa shape index (κ3) is 2.68. The van der Waals surface area contributed by atoms with Gasteiger partial charge in [-0.15, -0.1) is 0 Å². The molecule has 132 valence electrons. The van der Waals surface area contributed by atoms with Crippen LogP contribution in [-0.2, 0) is 19.4 Å². The van der Waals surface area contributed by atoms with Gasteiger partial charge < -0.3 is 10.8 Å². The number of aromatic carboxylic acids is 1. The molecule has 0 atom stereocenters. The van der Waals surface area contributed by atoms with Gasteiger partial charge in [0.1, 0.15) is 5.69 Å². The molecule has 1 aromatic carbocycles. The van der Waals surface area contributed by atoms with Crippen molar-refractivity contribution in [3.8, 4) is 22.5 Å². The molecule has 0 bridgehead atoms. The highest BCUT2D eigenvalue weighted by Gasteiger charge is 2.29. The van der Waals surface area contributed by atoms with E-state index < -0.39 is 5.97 Å². The summed E-state index contributed by atoms with van der Waals surface area (Å²) in [5.41, 5.74) is 11.6. The Morgan fingerprint density at radius 3 is 2.62 bits per heavy atom. The van der Waals surface area contributed by atoms with Crippen LogP contribution >= 0.6 is 0 Å². The molecular weight excluding hydrogens is 328 g/mol. The Balaban J connectivity index is 1.87. The van der Waals surface area contributed by atoms with E-state index in [4.69, 9.17) is 5.73 Å². The van der Waals surface area contributed by atoms with Gasteiger partial charge in [0.05, 0.1) is 11.4 Å². The molecule has 1 aliphatic rings. The molecule has 0 saturated carbocycles. The number of benzene rings is 1. The largest absolute Gasteiger partial charge is 0.477 e. The van der Waals surface area contributed by atoms with Crippen molar-refractivity contribution in [1.29, 1.82) is 0 Å². The Morgan fingerprint density at radius 1 is 1.12 bits per heavy atom. The molecule has 3 N–H and O–H groups in total. The average molecular weight is 348 g/mol. The second kappa shape index (κ2) is 6.72. The third-order valence-corrected chi connectivity index (χ3v) is 4.81. The summed E-state index contributed by atoms with van der Waals surface area (Å²) < 4.78 is 1.59. The van der Waals surface area contributed by atoms with Gasteiger partial charge in [-0.1, -0.05) is 30.3 Å². The standard InChI is InChI=1S/C20H20N4O2/c21-10-4-12-24-19(20(25)26)16-8-7-14-15(18(16)23-24)9-11-22-17(14)13-5-2-1-3-6-13/h1-3,5-6,9,11H,4,7-8,10,12,21H2,(H,25,26). The van der Waals surface area contributed by atoms with Crippen molar-refractivity contribution >= 4 is 5.97 Å². The SMILES string of the molecule is NCCCn1nc2c(c1C(=O)O)CCc1c-2ccnc1-c1ccccc1. The topological polar surface area (TPSA) is 94.0 Å². The van der Waals surface area contributed by atoms with Gasteiger partial charge in [-0.25, -0.2) is 4.79 Å². The summed E-state index contributed by atoms with van der Waals surface area (Å²) >= 11 is 0. The fraction of sp³-hybridized carbons (Fsp3) is 0.250. The highest BCUT2D eigenvalue weighted by atomic mass is 16.4. The number of nitrogens with two attached hydrogens (primary N) is 1. The van der Waals surface area contributed by atoms with Crippen LogP contribution in [0.4, 0.5) is 0 Å². The van der Waals surface area contributed by atoms with Crippen molar-refractivity contribution < 1.29 is 9.90 Å². The molecule has 6 nitrogen and oxygen atoms in total. The average Bonchev–Trinajstić information content (AvgIpc) is 3.05. The van der Waals surface area contributed by atoms with E-state index in [0.29, 0.717) is 25.9 Å². The number of pyridine rings is 1. The summed E-state index contributed by atoms with van der Waals surface area (Å²) in [4.78, 5) is 16.4. The highest BCUT2D eigenvalue weighted by Crippen LogP contribution is 2.38. The molecule has 2 aromatic heterocycles. The van der Waals surface area contributed by atoms with Crippen LogP contribution in [0, 0.1) is 0 Å². The first-order chi connectivity index (χ1) is 12.7. The van der Waals surface area contributed by atoms with E-state index in [1.807, 2.05) is 36.4 Å². The molecule has 0 fully saturated rings. The lowest BCUT2D eigenvalue weighted by molar-refractivity contribution is 0.0681. The number of hydrogen-bond donors (Lipinski definition) is 2. The number of carboxylic acids is 1. The van der Waals surface area contributed by atoms with E-state index in [2.05, 4.69) is 10.1 Å². The fourth-order valence-electron chi connectivity index (χ4n) is 3.66. The number of fused-ring (bicyclic) bond motifs is 3. The van der Waals surface area contributed by atoms with Gasteiger partial charge in [0.2, 0.25) is 0 Å². The van der Waals surface area contributed by atoms with E-state index >= 15 is 0 Å². The normalized spacial score (nSPS) is 12.5. The van der Waals surface area contributed by atoms with Crippen LogP contribution in [0.1, 0.15) is 28.0 Å². The first-order valence-corrected chi connectivity index (χ1v) is 8.77. The van der Waals surface area contributed by atoms with E-state index in [-0.39, 0.29) is 5.69 Å². The Morgan fingerprint density at radius 2 is 1.88 bits per heavy atom. The van der Waals surface area contributed by atoms with Gasteiger partial charge >= 0.3 is 5.97 Å². The zero-order valence-electron chi connectivity index (χ0n) is 14.4. The van der Waals surface area contributed by atoms with Gasteiger partial charge in [0.15, 0.2) is 0 Å². The molecule has 0 saturated heterocycles. The maximum absolute atomic E-state index is 11.8. The molecule has 0 amide bonds. The number of hydrogen-bond acceptors (Lipinski definition) is 4. The van der Waals surface area contributed by atoms with Crippen LogP contribution in [0.2, 0.25) is 0 Å². The van der Waals surface area contributed by atoms with Crippen molar-refractivity contribution in [2.75, 3.05) is 6.54 Å². The lowest BCUT2D eigenvalue weighted by atomic mass is 9.87. The minimum absolute atomic E-state index is 0.289. The quantitative estimate of drug-likeness (QED) is 0.739. The Kier molecular flexibility index (Phi) is 4.26.